The van der Waals surface area contributed by atoms with Crippen LogP contribution in [0.2, 0.25) is 0 Å². The van der Waals surface area contributed by atoms with E-state index in [9.17, 15) is 15.0 Å². The lowest BCUT2D eigenvalue weighted by Gasteiger charge is -2.22. The van der Waals surface area contributed by atoms with E-state index < -0.39 is 12.1 Å². The molecule has 1 amide bonds. The first kappa shape index (κ1) is 52.0. The van der Waals surface area contributed by atoms with Gasteiger partial charge in [-0.05, 0) is 83.5 Å². The lowest BCUT2D eigenvalue weighted by atomic mass is 10.0. The third-order valence-corrected chi connectivity index (χ3v) is 9.55. The molecule has 0 fully saturated rings. The van der Waals surface area contributed by atoms with Crippen molar-refractivity contribution in [1.29, 1.82) is 0 Å². The van der Waals surface area contributed by atoms with Crippen LogP contribution in [0, 0.1) is 0 Å². The zero-order chi connectivity index (χ0) is 40.0. The number of rotatable bonds is 39. The third-order valence-electron chi connectivity index (χ3n) is 9.55. The van der Waals surface area contributed by atoms with Gasteiger partial charge < -0.3 is 15.5 Å². The van der Waals surface area contributed by atoms with E-state index in [0.717, 1.165) is 96.3 Å². The van der Waals surface area contributed by atoms with E-state index in [1.165, 1.54) is 64.2 Å². The van der Waals surface area contributed by atoms with Gasteiger partial charge >= 0.3 is 0 Å². The van der Waals surface area contributed by atoms with Gasteiger partial charge in [0.25, 0.3) is 0 Å². The first-order valence-corrected chi connectivity index (χ1v) is 22.6. The second-order valence-corrected chi connectivity index (χ2v) is 14.7. The lowest BCUT2D eigenvalue weighted by molar-refractivity contribution is -0.123. The van der Waals surface area contributed by atoms with Crippen LogP contribution in [-0.2, 0) is 4.79 Å². The van der Waals surface area contributed by atoms with Gasteiger partial charge in [0.2, 0.25) is 5.91 Å². The Balaban J connectivity index is 3.63. The van der Waals surface area contributed by atoms with Crippen LogP contribution in [0.4, 0.5) is 0 Å². The zero-order valence-corrected chi connectivity index (χ0v) is 35.6. The summed E-state index contributed by atoms with van der Waals surface area (Å²) in [6.07, 6.45) is 68.9. The molecule has 0 spiro atoms. The maximum absolute atomic E-state index is 12.3. The monoisotopic (exact) mass is 760 g/mol. The summed E-state index contributed by atoms with van der Waals surface area (Å²) in [7, 11) is 0. The van der Waals surface area contributed by atoms with E-state index in [1.807, 2.05) is 0 Å². The molecule has 4 nitrogen and oxygen atoms in total. The summed E-state index contributed by atoms with van der Waals surface area (Å²) in [4.78, 5) is 12.3. The minimum absolute atomic E-state index is 0.0519. The molecule has 3 N–H and O–H groups in total. The number of amides is 1. The van der Waals surface area contributed by atoms with Crippen LogP contribution >= 0.6 is 0 Å². The van der Waals surface area contributed by atoms with E-state index in [0.29, 0.717) is 12.8 Å². The van der Waals surface area contributed by atoms with E-state index in [-0.39, 0.29) is 12.5 Å². The number of nitrogens with one attached hydrogen (secondary N) is 1. The van der Waals surface area contributed by atoms with Crippen LogP contribution in [0.25, 0.3) is 0 Å². The van der Waals surface area contributed by atoms with Gasteiger partial charge in [-0.3, -0.25) is 4.79 Å². The second kappa shape index (κ2) is 45.4. The maximum Gasteiger partial charge on any atom is 0.220 e. The first-order chi connectivity index (χ1) is 27.2. The fourth-order valence-electron chi connectivity index (χ4n) is 6.12. The molecule has 0 saturated carbocycles. The summed E-state index contributed by atoms with van der Waals surface area (Å²) in [5, 5.41) is 23.0. The van der Waals surface area contributed by atoms with Crippen molar-refractivity contribution in [3.05, 3.63) is 109 Å². The smallest absolute Gasteiger partial charge is 0.220 e. The molecule has 0 rings (SSSR count). The van der Waals surface area contributed by atoms with Crippen molar-refractivity contribution in [3.8, 4) is 0 Å². The Morgan fingerprint density at radius 3 is 1.20 bits per heavy atom. The molecule has 0 aliphatic rings. The predicted molar refractivity (Wildman–Crippen MR) is 243 cm³/mol. The Kier molecular flexibility index (Phi) is 43.0. The lowest BCUT2D eigenvalue weighted by Crippen LogP contribution is -2.45. The largest absolute Gasteiger partial charge is 0.394 e. The number of aliphatic hydroxyl groups is 2. The Morgan fingerprint density at radius 1 is 0.455 bits per heavy atom. The van der Waals surface area contributed by atoms with Gasteiger partial charge in [0, 0.05) is 6.42 Å². The van der Waals surface area contributed by atoms with Crippen molar-refractivity contribution in [2.75, 3.05) is 6.61 Å². The molecule has 0 heterocycles. The van der Waals surface area contributed by atoms with Crippen LogP contribution < -0.4 is 5.32 Å². The molecule has 4 heteroatoms. The molecule has 0 bridgehead atoms. The minimum Gasteiger partial charge on any atom is -0.394 e. The van der Waals surface area contributed by atoms with Gasteiger partial charge in [0.05, 0.1) is 18.8 Å². The highest BCUT2D eigenvalue weighted by Crippen LogP contribution is 2.13. The summed E-state index contributed by atoms with van der Waals surface area (Å²) < 4.78 is 0. The first-order valence-electron chi connectivity index (χ1n) is 22.6. The fourth-order valence-corrected chi connectivity index (χ4v) is 6.12. The van der Waals surface area contributed by atoms with E-state index in [1.54, 1.807) is 0 Å². The topological polar surface area (TPSA) is 69.6 Å². The highest BCUT2D eigenvalue weighted by molar-refractivity contribution is 5.76. The summed E-state index contributed by atoms with van der Waals surface area (Å²) in [6, 6.07) is -0.547. The van der Waals surface area contributed by atoms with Gasteiger partial charge in [-0.1, -0.05) is 207 Å². The van der Waals surface area contributed by atoms with E-state index in [2.05, 4.69) is 129 Å². The van der Waals surface area contributed by atoms with E-state index >= 15 is 0 Å². The molecule has 55 heavy (non-hydrogen) atoms. The van der Waals surface area contributed by atoms with Crippen molar-refractivity contribution in [2.24, 2.45) is 0 Å². The van der Waals surface area contributed by atoms with Crippen LogP contribution in [0.1, 0.15) is 187 Å². The van der Waals surface area contributed by atoms with Gasteiger partial charge in [-0.25, -0.2) is 0 Å². The summed E-state index contributed by atoms with van der Waals surface area (Å²) >= 11 is 0. The van der Waals surface area contributed by atoms with Crippen molar-refractivity contribution < 1.29 is 15.0 Å². The highest BCUT2D eigenvalue weighted by atomic mass is 16.3. The Hall–Kier alpha value is -2.95. The normalized spacial score (nSPS) is 14.0. The second-order valence-electron chi connectivity index (χ2n) is 14.7. The molecule has 0 aromatic rings. The maximum atomic E-state index is 12.3. The standard InChI is InChI=1S/C51H85NO3/c1-3-5-7-9-11-13-14-15-16-17-18-19-20-21-22-23-24-25-26-27-28-29-30-31-32-33-34-35-36-37-38-39-41-43-45-47-51(55)52-49(48-53)50(54)46-44-42-40-12-10-8-6-4-2/h5,7,11,13,15-16,18-19,21-22,24-25,27-28,30-31,33-34,49-50,53-54H,3-4,6,8-10,12,14,17,20,23,26,29,32,35-48H2,1-2H3,(H,52,55)/b7-5-,13-11-,16-15-,19-18-,22-21-,25-24-,28-27-,31-30-,34-33-. The Bertz CT molecular complexity index is 1090. The summed E-state index contributed by atoms with van der Waals surface area (Å²) in [5.41, 5.74) is 0. The van der Waals surface area contributed by atoms with Crippen molar-refractivity contribution in [1.82, 2.24) is 5.32 Å². The Labute approximate surface area is 340 Å². The molecule has 0 aromatic carbocycles. The molecule has 2 atom stereocenters. The van der Waals surface area contributed by atoms with Gasteiger partial charge in [0.15, 0.2) is 0 Å². The van der Waals surface area contributed by atoms with Gasteiger partial charge in [-0.15, -0.1) is 0 Å². The molecule has 0 aliphatic carbocycles. The fraction of sp³-hybridized carbons (Fsp3) is 0.627. The molecule has 312 valence electrons. The molecule has 0 aromatic heterocycles. The number of hydrogen-bond acceptors (Lipinski definition) is 3. The third kappa shape index (κ3) is 42.0. The number of hydrogen-bond donors (Lipinski definition) is 3. The van der Waals surface area contributed by atoms with Crippen LogP contribution in [0.15, 0.2) is 109 Å². The van der Waals surface area contributed by atoms with Crippen LogP contribution in [0.3, 0.4) is 0 Å². The molecular weight excluding hydrogens is 675 g/mol. The molecule has 0 saturated heterocycles. The van der Waals surface area contributed by atoms with Crippen molar-refractivity contribution in [2.45, 2.75) is 199 Å². The average Bonchev–Trinajstić information content (AvgIpc) is 3.19. The van der Waals surface area contributed by atoms with E-state index in [4.69, 9.17) is 0 Å². The van der Waals surface area contributed by atoms with Crippen molar-refractivity contribution in [3.63, 3.8) is 0 Å². The van der Waals surface area contributed by atoms with Gasteiger partial charge in [0.1, 0.15) is 0 Å². The number of carbonyl (C=O) groups is 1. The van der Waals surface area contributed by atoms with Crippen molar-refractivity contribution >= 4 is 5.91 Å². The summed E-state index contributed by atoms with van der Waals surface area (Å²) in [6.45, 7) is 4.19. The number of allylic oxidation sites excluding steroid dienone is 18. The predicted octanol–water partition coefficient (Wildman–Crippen LogP) is 14.4. The van der Waals surface area contributed by atoms with Crippen LogP contribution in [-0.4, -0.2) is 34.9 Å². The minimum atomic E-state index is -0.668. The average molecular weight is 760 g/mol. The van der Waals surface area contributed by atoms with Crippen LogP contribution in [0.5, 0.6) is 0 Å². The van der Waals surface area contributed by atoms with Gasteiger partial charge in [-0.2, -0.15) is 0 Å². The summed E-state index contributed by atoms with van der Waals surface area (Å²) in [5.74, 6) is -0.0519. The quantitative estimate of drug-likeness (QED) is 0.0432. The zero-order valence-electron chi connectivity index (χ0n) is 35.6. The molecule has 0 radical (unpaired) electrons. The Morgan fingerprint density at radius 2 is 0.800 bits per heavy atom. The molecule has 0 aliphatic heterocycles. The molecular formula is C51H85NO3. The SMILES string of the molecule is CC/C=C\C/C=C\C/C=C\C/C=C\C/C=C\C/C=C\C/C=C\C/C=C\C/C=C\CCCCCCCCCC(=O)NC(CO)C(O)CCCCCCCCCC. The number of carbonyl (C=O) groups excluding carboxylic acids is 1. The number of unbranched alkanes of at least 4 members (excludes halogenated alkanes) is 14. The number of aliphatic hydroxyl groups excluding tert-OH is 2. The molecule has 2 unspecified atom stereocenters. The highest BCUT2D eigenvalue weighted by Gasteiger charge is 2.19.